The third kappa shape index (κ3) is 4.50. The maximum absolute atomic E-state index is 13.2. The van der Waals surface area contributed by atoms with Gasteiger partial charge in [-0.05, 0) is 24.1 Å². The maximum atomic E-state index is 13.2. The molecule has 30 heavy (non-hydrogen) atoms. The van der Waals surface area contributed by atoms with Gasteiger partial charge in [0.15, 0.2) is 11.5 Å². The number of anilines is 1. The summed E-state index contributed by atoms with van der Waals surface area (Å²) in [5.41, 5.74) is -2.99. The Morgan fingerprint density at radius 1 is 1.03 bits per heavy atom. The Bertz CT molecular complexity index is 1010. The zero-order chi connectivity index (χ0) is 22.3. The van der Waals surface area contributed by atoms with Crippen molar-refractivity contribution < 1.29 is 31.4 Å². The number of rotatable bonds is 5. The minimum atomic E-state index is -4.96. The van der Waals surface area contributed by atoms with Crippen molar-refractivity contribution in [2.45, 2.75) is 32.2 Å². The summed E-state index contributed by atoms with van der Waals surface area (Å²) in [6.07, 6.45) is -5.71. The van der Waals surface area contributed by atoms with E-state index in [4.69, 9.17) is 0 Å². The molecule has 0 saturated carbocycles. The van der Waals surface area contributed by atoms with E-state index in [1.807, 2.05) is 13.8 Å². The van der Waals surface area contributed by atoms with E-state index in [9.17, 15) is 31.4 Å². The van der Waals surface area contributed by atoms with Gasteiger partial charge in [-0.1, -0.05) is 13.8 Å². The van der Waals surface area contributed by atoms with Gasteiger partial charge in [0, 0.05) is 24.2 Å². The molecule has 1 atom stereocenters. The molecule has 2 aromatic heterocycles. The van der Waals surface area contributed by atoms with Crippen LogP contribution in [0.25, 0.3) is 16.9 Å². The van der Waals surface area contributed by atoms with Gasteiger partial charge < -0.3 is 14.8 Å². The van der Waals surface area contributed by atoms with Crippen LogP contribution in [0.1, 0.15) is 25.0 Å². The number of hydrogen-bond acceptors (Lipinski definition) is 4. The summed E-state index contributed by atoms with van der Waals surface area (Å²) >= 11 is 0. The van der Waals surface area contributed by atoms with Crippen molar-refractivity contribution in [2.75, 3.05) is 11.9 Å². The van der Waals surface area contributed by atoms with Crippen LogP contribution in [-0.4, -0.2) is 32.1 Å². The monoisotopic (exact) mass is 432 g/mol. The van der Waals surface area contributed by atoms with Gasteiger partial charge in [0.2, 0.25) is 0 Å². The van der Waals surface area contributed by atoms with Crippen LogP contribution in [0.3, 0.4) is 0 Å². The van der Waals surface area contributed by atoms with Crippen LogP contribution in [0.4, 0.5) is 32.2 Å². The first-order chi connectivity index (χ1) is 13.9. The van der Waals surface area contributed by atoms with Gasteiger partial charge in [-0.2, -0.15) is 26.3 Å². The SMILES string of the molecule is CC(C)[C@@H](CO)Nc1nc(-c2cc(C(F)(F)F)cc(C(F)(F)F)c2)cn2ccnc12. The van der Waals surface area contributed by atoms with E-state index in [-0.39, 0.29) is 35.7 Å². The first kappa shape index (κ1) is 21.9. The van der Waals surface area contributed by atoms with Gasteiger partial charge in [0.05, 0.1) is 29.5 Å². The van der Waals surface area contributed by atoms with E-state index >= 15 is 0 Å². The largest absolute Gasteiger partial charge is 0.416 e. The summed E-state index contributed by atoms with van der Waals surface area (Å²) < 4.78 is 80.6. The van der Waals surface area contributed by atoms with Gasteiger partial charge in [0.1, 0.15) is 0 Å². The molecule has 3 rings (SSSR count). The summed E-state index contributed by atoms with van der Waals surface area (Å²) in [6.45, 7) is 3.42. The number of fused-ring (bicyclic) bond motifs is 1. The van der Waals surface area contributed by atoms with E-state index in [0.29, 0.717) is 17.8 Å². The topological polar surface area (TPSA) is 62.5 Å². The minimum Gasteiger partial charge on any atom is -0.394 e. The number of halogens is 6. The van der Waals surface area contributed by atoms with Crippen molar-refractivity contribution in [3.8, 4) is 11.3 Å². The second-order valence-electron chi connectivity index (χ2n) is 7.10. The smallest absolute Gasteiger partial charge is 0.394 e. The molecule has 1 aromatic carbocycles. The van der Waals surface area contributed by atoms with Crippen LogP contribution in [-0.2, 0) is 12.4 Å². The molecule has 0 spiro atoms. The predicted molar refractivity (Wildman–Crippen MR) is 97.8 cm³/mol. The molecule has 0 aliphatic carbocycles. The number of alkyl halides is 6. The third-order valence-corrected chi connectivity index (χ3v) is 4.58. The Balaban J connectivity index is 2.19. The summed E-state index contributed by atoms with van der Waals surface area (Å²) in [7, 11) is 0. The Morgan fingerprint density at radius 2 is 1.63 bits per heavy atom. The highest BCUT2D eigenvalue weighted by Gasteiger charge is 2.37. The molecular weight excluding hydrogens is 414 g/mol. The lowest BCUT2D eigenvalue weighted by Crippen LogP contribution is -2.30. The molecule has 11 heteroatoms. The fourth-order valence-corrected chi connectivity index (χ4v) is 2.87. The third-order valence-electron chi connectivity index (χ3n) is 4.58. The molecule has 3 aromatic rings. The zero-order valence-electron chi connectivity index (χ0n) is 15.9. The van der Waals surface area contributed by atoms with Gasteiger partial charge in [-0.25, -0.2) is 9.97 Å². The molecule has 0 aliphatic rings. The zero-order valence-corrected chi connectivity index (χ0v) is 15.9. The number of nitrogens with one attached hydrogen (secondary N) is 1. The molecule has 0 unspecified atom stereocenters. The van der Waals surface area contributed by atoms with Crippen LogP contribution in [0.5, 0.6) is 0 Å². The number of hydrogen-bond donors (Lipinski definition) is 2. The highest BCUT2D eigenvalue weighted by atomic mass is 19.4. The molecule has 2 N–H and O–H groups in total. The number of aliphatic hydroxyl groups is 1. The summed E-state index contributed by atoms with van der Waals surface area (Å²) in [5.74, 6) is 0.108. The van der Waals surface area contributed by atoms with E-state index in [0.717, 1.165) is 0 Å². The van der Waals surface area contributed by atoms with E-state index in [1.54, 1.807) is 0 Å². The van der Waals surface area contributed by atoms with E-state index in [1.165, 1.54) is 23.0 Å². The van der Waals surface area contributed by atoms with Gasteiger partial charge in [0.25, 0.3) is 0 Å². The first-order valence-electron chi connectivity index (χ1n) is 8.91. The number of imidazole rings is 1. The van der Waals surface area contributed by atoms with Crippen molar-refractivity contribution in [2.24, 2.45) is 5.92 Å². The van der Waals surface area contributed by atoms with Crippen molar-refractivity contribution in [1.29, 1.82) is 0 Å². The average Bonchev–Trinajstić information content (AvgIpc) is 3.12. The average molecular weight is 432 g/mol. The van der Waals surface area contributed by atoms with Gasteiger partial charge in [-0.3, -0.25) is 0 Å². The molecule has 0 bridgehead atoms. The number of nitrogens with zero attached hydrogens (tertiary/aromatic N) is 3. The Labute approximate surface area is 167 Å². The normalized spacial score (nSPS) is 13.8. The Hall–Kier alpha value is -2.82. The first-order valence-corrected chi connectivity index (χ1v) is 8.91. The maximum Gasteiger partial charge on any atom is 0.416 e. The van der Waals surface area contributed by atoms with E-state index < -0.39 is 29.5 Å². The van der Waals surface area contributed by atoms with Crippen LogP contribution in [0.2, 0.25) is 0 Å². The van der Waals surface area contributed by atoms with Crippen molar-refractivity contribution in [3.63, 3.8) is 0 Å². The number of benzene rings is 1. The van der Waals surface area contributed by atoms with Crippen LogP contribution in [0, 0.1) is 5.92 Å². The van der Waals surface area contributed by atoms with Crippen LogP contribution < -0.4 is 5.32 Å². The predicted octanol–water partition coefficient (Wildman–Crippen LogP) is 4.86. The Morgan fingerprint density at radius 3 is 2.13 bits per heavy atom. The summed E-state index contributed by atoms with van der Waals surface area (Å²) in [6, 6.07) is 0.867. The van der Waals surface area contributed by atoms with Crippen LogP contribution >= 0.6 is 0 Å². The fourth-order valence-electron chi connectivity index (χ4n) is 2.87. The van der Waals surface area contributed by atoms with Crippen molar-refractivity contribution in [3.05, 3.63) is 47.9 Å². The molecule has 0 amide bonds. The quantitative estimate of drug-likeness (QED) is 0.565. The lowest BCUT2D eigenvalue weighted by Gasteiger charge is -2.21. The highest BCUT2D eigenvalue weighted by Crippen LogP contribution is 2.38. The lowest BCUT2D eigenvalue weighted by atomic mass is 10.0. The molecule has 0 aliphatic heterocycles. The molecule has 162 valence electrons. The number of aliphatic hydroxyl groups excluding tert-OH is 1. The second kappa shape index (κ2) is 7.78. The molecule has 0 radical (unpaired) electrons. The Kier molecular flexibility index (Phi) is 5.68. The second-order valence-corrected chi connectivity index (χ2v) is 7.10. The minimum absolute atomic E-state index is 0.0270. The highest BCUT2D eigenvalue weighted by molar-refractivity contribution is 5.70. The number of aromatic nitrogens is 3. The molecule has 0 saturated heterocycles. The lowest BCUT2D eigenvalue weighted by molar-refractivity contribution is -0.143. The summed E-state index contributed by atoms with van der Waals surface area (Å²) in [5, 5.41) is 12.5. The molecule has 5 nitrogen and oxygen atoms in total. The fraction of sp³-hybridized carbons (Fsp3) is 0.368. The molecule has 0 fully saturated rings. The molecular formula is C19H18F6N4O. The van der Waals surface area contributed by atoms with E-state index in [2.05, 4.69) is 15.3 Å². The molecule has 2 heterocycles. The van der Waals surface area contributed by atoms with Gasteiger partial charge in [-0.15, -0.1) is 0 Å². The van der Waals surface area contributed by atoms with Crippen molar-refractivity contribution in [1.82, 2.24) is 14.4 Å². The standard InChI is InChI=1S/C19H18F6N4O/c1-10(2)15(9-30)28-16-17-26-3-4-29(17)8-14(27-16)11-5-12(18(20,21)22)7-13(6-11)19(23,24)25/h3-8,10,15,30H,9H2,1-2H3,(H,27,28)/t15-/m1/s1. The summed E-state index contributed by atoms with van der Waals surface area (Å²) in [4.78, 5) is 8.33. The van der Waals surface area contributed by atoms with Crippen LogP contribution in [0.15, 0.2) is 36.8 Å². The van der Waals surface area contributed by atoms with Crippen molar-refractivity contribution >= 4 is 11.5 Å². The van der Waals surface area contributed by atoms with Gasteiger partial charge >= 0.3 is 12.4 Å².